The van der Waals surface area contributed by atoms with Crippen molar-refractivity contribution in [3.63, 3.8) is 0 Å². The van der Waals surface area contributed by atoms with Gasteiger partial charge in [0.15, 0.2) is 16.9 Å². The maximum absolute atomic E-state index is 13.2. The monoisotopic (exact) mass is 387 g/mol. The van der Waals surface area contributed by atoms with Crippen LogP contribution in [0, 0.1) is 13.8 Å². The first-order valence-electron chi connectivity index (χ1n) is 9.55. The van der Waals surface area contributed by atoms with Gasteiger partial charge in [-0.1, -0.05) is 0 Å². The molecular formula is C19H25N5O4. The molecule has 4 rings (SSSR count). The molecule has 0 amide bonds. The van der Waals surface area contributed by atoms with E-state index in [0.717, 1.165) is 35.4 Å². The summed E-state index contributed by atoms with van der Waals surface area (Å²) in [6.07, 6.45) is 2.15. The van der Waals surface area contributed by atoms with Crippen molar-refractivity contribution in [3.8, 4) is 0 Å². The standard InChI is InChI=1S/C19H25N5O4/c1-10-11(2)23-15-16(20-18(23)22(10)9-14-7-6-8-28-14)21(5)19(27)24(17(15)26)12(3)13(4)25/h12,14H,6-9H2,1-5H3/t12-,14+/m1/s1. The number of hydrogen-bond donors (Lipinski definition) is 0. The highest BCUT2D eigenvalue weighted by Crippen LogP contribution is 2.23. The maximum Gasteiger partial charge on any atom is 0.333 e. The Morgan fingerprint density at radius 1 is 1.29 bits per heavy atom. The molecule has 0 aliphatic carbocycles. The van der Waals surface area contributed by atoms with Gasteiger partial charge >= 0.3 is 5.69 Å². The molecule has 0 spiro atoms. The molecule has 1 aliphatic rings. The molecular weight excluding hydrogens is 362 g/mol. The number of nitrogens with zero attached hydrogens (tertiary/aromatic N) is 5. The summed E-state index contributed by atoms with van der Waals surface area (Å²) < 4.78 is 12.0. The molecule has 1 fully saturated rings. The first kappa shape index (κ1) is 18.7. The third kappa shape index (κ3) is 2.49. The molecule has 28 heavy (non-hydrogen) atoms. The van der Waals surface area contributed by atoms with E-state index in [2.05, 4.69) is 4.98 Å². The summed E-state index contributed by atoms with van der Waals surface area (Å²) in [5.74, 6) is 0.365. The quantitative estimate of drug-likeness (QED) is 0.668. The molecule has 9 heteroatoms. The van der Waals surface area contributed by atoms with Gasteiger partial charge in [-0.25, -0.2) is 9.36 Å². The van der Waals surface area contributed by atoms with Crippen molar-refractivity contribution in [1.29, 1.82) is 0 Å². The number of ether oxygens (including phenoxy) is 1. The van der Waals surface area contributed by atoms with Crippen molar-refractivity contribution < 1.29 is 9.53 Å². The third-order valence-corrected chi connectivity index (χ3v) is 5.96. The van der Waals surface area contributed by atoms with Crippen LogP contribution in [-0.4, -0.2) is 41.6 Å². The molecule has 0 bridgehead atoms. The van der Waals surface area contributed by atoms with Gasteiger partial charge in [0.05, 0.1) is 18.7 Å². The van der Waals surface area contributed by atoms with Crippen LogP contribution in [0.25, 0.3) is 16.9 Å². The van der Waals surface area contributed by atoms with Crippen molar-refractivity contribution in [2.45, 2.75) is 59.2 Å². The second-order valence-corrected chi connectivity index (χ2v) is 7.64. The number of ketones is 1. The summed E-state index contributed by atoms with van der Waals surface area (Å²) in [5, 5.41) is 0. The third-order valence-electron chi connectivity index (χ3n) is 5.96. The molecule has 0 saturated carbocycles. The van der Waals surface area contributed by atoms with Crippen LogP contribution >= 0.6 is 0 Å². The van der Waals surface area contributed by atoms with Gasteiger partial charge in [-0.05, 0) is 40.5 Å². The Hall–Kier alpha value is -2.68. The number of fused-ring (bicyclic) bond motifs is 3. The van der Waals surface area contributed by atoms with Gasteiger partial charge in [0, 0.05) is 25.0 Å². The lowest BCUT2D eigenvalue weighted by Gasteiger charge is -2.13. The molecule has 9 nitrogen and oxygen atoms in total. The zero-order chi connectivity index (χ0) is 20.3. The number of carbonyl (C=O) groups excluding carboxylic acids is 1. The van der Waals surface area contributed by atoms with Gasteiger partial charge in [-0.2, -0.15) is 4.98 Å². The van der Waals surface area contributed by atoms with E-state index in [4.69, 9.17) is 4.74 Å². The summed E-state index contributed by atoms with van der Waals surface area (Å²) in [7, 11) is 1.58. The van der Waals surface area contributed by atoms with Crippen LogP contribution in [0.5, 0.6) is 0 Å². The first-order valence-corrected chi connectivity index (χ1v) is 9.55. The highest BCUT2D eigenvalue weighted by atomic mass is 16.5. The van der Waals surface area contributed by atoms with E-state index in [0.29, 0.717) is 23.5 Å². The molecule has 150 valence electrons. The molecule has 4 heterocycles. The average molecular weight is 387 g/mol. The topological polar surface area (TPSA) is 92.5 Å². The van der Waals surface area contributed by atoms with E-state index in [-0.39, 0.29) is 11.9 Å². The second-order valence-electron chi connectivity index (χ2n) is 7.64. The Labute approximate surface area is 161 Å². The van der Waals surface area contributed by atoms with Crippen LogP contribution < -0.4 is 11.2 Å². The molecule has 0 unspecified atom stereocenters. The Balaban J connectivity index is 2.06. The Bertz CT molecular complexity index is 1220. The van der Waals surface area contributed by atoms with Gasteiger partial charge in [0.2, 0.25) is 5.78 Å². The zero-order valence-corrected chi connectivity index (χ0v) is 16.9. The van der Waals surface area contributed by atoms with Gasteiger partial charge in [0.25, 0.3) is 5.56 Å². The van der Waals surface area contributed by atoms with Gasteiger partial charge in [0.1, 0.15) is 0 Å². The van der Waals surface area contributed by atoms with Gasteiger partial charge < -0.3 is 9.30 Å². The van der Waals surface area contributed by atoms with E-state index in [1.807, 2.05) is 18.4 Å². The highest BCUT2D eigenvalue weighted by Gasteiger charge is 2.26. The number of rotatable bonds is 4. The first-order chi connectivity index (χ1) is 13.2. The molecule has 1 saturated heterocycles. The van der Waals surface area contributed by atoms with Crippen molar-refractivity contribution in [1.82, 2.24) is 23.1 Å². The summed E-state index contributed by atoms with van der Waals surface area (Å²) >= 11 is 0. The number of aromatic nitrogens is 5. The largest absolute Gasteiger partial charge is 0.376 e. The second kappa shape index (κ2) is 6.44. The average Bonchev–Trinajstić information content (AvgIpc) is 3.34. The predicted molar refractivity (Wildman–Crippen MR) is 104 cm³/mol. The van der Waals surface area contributed by atoms with Gasteiger partial charge in [-0.3, -0.25) is 18.6 Å². The fourth-order valence-electron chi connectivity index (χ4n) is 4.02. The number of carbonyl (C=O) groups is 1. The lowest BCUT2D eigenvalue weighted by atomic mass is 10.2. The summed E-state index contributed by atoms with van der Waals surface area (Å²) in [6.45, 7) is 8.27. The molecule has 1 aliphatic heterocycles. The number of hydrogen-bond acceptors (Lipinski definition) is 5. The number of aryl methyl sites for hydroxylation is 2. The van der Waals surface area contributed by atoms with Crippen LogP contribution in [0.1, 0.15) is 44.1 Å². The molecule has 3 aromatic heterocycles. The summed E-state index contributed by atoms with van der Waals surface area (Å²) in [5.41, 5.74) is 1.48. The normalized spacial score (nSPS) is 18.4. The lowest BCUT2D eigenvalue weighted by Crippen LogP contribution is -2.42. The smallest absolute Gasteiger partial charge is 0.333 e. The minimum absolute atomic E-state index is 0.118. The Morgan fingerprint density at radius 3 is 2.61 bits per heavy atom. The van der Waals surface area contributed by atoms with Crippen LogP contribution in [0.15, 0.2) is 9.59 Å². The summed E-state index contributed by atoms with van der Waals surface area (Å²) in [4.78, 5) is 42.5. The van der Waals surface area contributed by atoms with Gasteiger partial charge in [-0.15, -0.1) is 0 Å². The summed E-state index contributed by atoms with van der Waals surface area (Å²) in [6, 6.07) is -0.837. The highest BCUT2D eigenvalue weighted by molar-refractivity contribution is 5.81. The van der Waals surface area contributed by atoms with Crippen molar-refractivity contribution in [2.75, 3.05) is 6.61 Å². The van der Waals surface area contributed by atoms with E-state index in [1.165, 1.54) is 11.5 Å². The van der Waals surface area contributed by atoms with E-state index >= 15 is 0 Å². The van der Waals surface area contributed by atoms with E-state index < -0.39 is 17.3 Å². The van der Waals surface area contributed by atoms with E-state index in [9.17, 15) is 14.4 Å². The lowest BCUT2D eigenvalue weighted by molar-refractivity contribution is -0.119. The Morgan fingerprint density at radius 2 is 2.00 bits per heavy atom. The van der Waals surface area contributed by atoms with Crippen LogP contribution in [0.4, 0.5) is 0 Å². The molecule has 3 aromatic rings. The minimum Gasteiger partial charge on any atom is -0.376 e. The van der Waals surface area contributed by atoms with Crippen LogP contribution in [0.3, 0.4) is 0 Å². The van der Waals surface area contributed by atoms with Crippen molar-refractivity contribution in [2.24, 2.45) is 7.05 Å². The Kier molecular flexibility index (Phi) is 4.29. The molecule has 0 N–H and O–H groups in total. The number of imidazole rings is 2. The SMILES string of the molecule is CC(=O)[C@@H](C)n1c(=O)c2c(nc3n(C[C@@H]4CCCO4)c(C)c(C)n23)n(C)c1=O. The fraction of sp³-hybridized carbons (Fsp3) is 0.579. The number of Topliss-reactive ketones (excluding diaryl/α,β-unsaturated/α-hetero) is 1. The fourth-order valence-corrected chi connectivity index (χ4v) is 4.02. The zero-order valence-electron chi connectivity index (χ0n) is 16.9. The molecule has 0 radical (unpaired) electrons. The van der Waals surface area contributed by atoms with Crippen LogP contribution in [0.2, 0.25) is 0 Å². The van der Waals surface area contributed by atoms with E-state index in [1.54, 1.807) is 18.4 Å². The molecule has 2 atom stereocenters. The van der Waals surface area contributed by atoms with Crippen molar-refractivity contribution >= 4 is 22.7 Å². The predicted octanol–water partition coefficient (Wildman–Crippen LogP) is 1.10. The van der Waals surface area contributed by atoms with Crippen molar-refractivity contribution in [3.05, 3.63) is 32.2 Å². The van der Waals surface area contributed by atoms with Crippen LogP contribution in [-0.2, 0) is 23.1 Å². The maximum atomic E-state index is 13.2. The molecule has 0 aromatic carbocycles. The minimum atomic E-state index is -0.837.